The van der Waals surface area contributed by atoms with E-state index in [0.29, 0.717) is 33.7 Å². The standard InChI is InChI=1S/C18H16FN3O4S/c1-26-10-9-21-17-14(19)3-2-4-15(17)27-18(21)20-16(23)11-12-5-7-13(8-6-12)22(24)25/h2-8H,9-11H2,1H3. The van der Waals surface area contributed by atoms with E-state index in [1.54, 1.807) is 23.8 Å². The number of carbonyl (C=O) groups is 1. The summed E-state index contributed by atoms with van der Waals surface area (Å²) in [5.74, 6) is -0.800. The monoisotopic (exact) mass is 389 g/mol. The minimum atomic E-state index is -0.500. The second-order valence-electron chi connectivity index (χ2n) is 5.72. The molecule has 0 spiro atoms. The van der Waals surface area contributed by atoms with Gasteiger partial charge in [0.2, 0.25) is 0 Å². The van der Waals surface area contributed by atoms with E-state index in [1.807, 2.05) is 0 Å². The third-order valence-corrected chi connectivity index (χ3v) is 4.94. The smallest absolute Gasteiger partial charge is 0.269 e. The molecular weight excluding hydrogens is 373 g/mol. The van der Waals surface area contributed by atoms with Crippen molar-refractivity contribution in [2.24, 2.45) is 4.99 Å². The van der Waals surface area contributed by atoms with E-state index in [0.717, 1.165) is 0 Å². The molecular formula is C18H16FN3O4S. The Kier molecular flexibility index (Phi) is 5.72. The molecule has 0 fully saturated rings. The Morgan fingerprint density at radius 3 is 2.70 bits per heavy atom. The summed E-state index contributed by atoms with van der Waals surface area (Å²) in [5, 5.41) is 10.7. The third-order valence-electron chi connectivity index (χ3n) is 3.89. The number of nitrogens with zero attached hydrogens (tertiary/aromatic N) is 3. The first kappa shape index (κ1) is 18.9. The molecule has 0 bridgehead atoms. The molecule has 0 unspecified atom stereocenters. The molecule has 0 radical (unpaired) electrons. The molecule has 2 aromatic carbocycles. The van der Waals surface area contributed by atoms with Crippen molar-refractivity contribution in [3.05, 3.63) is 68.8 Å². The van der Waals surface area contributed by atoms with E-state index in [2.05, 4.69) is 4.99 Å². The van der Waals surface area contributed by atoms with Gasteiger partial charge in [0.05, 0.1) is 28.2 Å². The molecule has 0 aliphatic rings. The first-order valence-electron chi connectivity index (χ1n) is 8.07. The highest BCUT2D eigenvalue weighted by Crippen LogP contribution is 2.20. The van der Waals surface area contributed by atoms with Crippen LogP contribution in [0, 0.1) is 15.9 Å². The van der Waals surface area contributed by atoms with Gasteiger partial charge < -0.3 is 9.30 Å². The van der Waals surface area contributed by atoms with Crippen LogP contribution in [-0.2, 0) is 22.5 Å². The van der Waals surface area contributed by atoms with Gasteiger partial charge >= 0.3 is 0 Å². The summed E-state index contributed by atoms with van der Waals surface area (Å²) in [4.78, 5) is 27.1. The lowest BCUT2D eigenvalue weighted by molar-refractivity contribution is -0.384. The van der Waals surface area contributed by atoms with Crippen molar-refractivity contribution in [1.29, 1.82) is 0 Å². The molecule has 0 aliphatic carbocycles. The highest BCUT2D eigenvalue weighted by molar-refractivity contribution is 7.16. The lowest BCUT2D eigenvalue weighted by Crippen LogP contribution is -2.20. The fourth-order valence-electron chi connectivity index (χ4n) is 2.62. The minimum Gasteiger partial charge on any atom is -0.383 e. The predicted octanol–water partition coefficient (Wildman–Crippen LogP) is 3.07. The zero-order valence-electron chi connectivity index (χ0n) is 14.4. The third kappa shape index (κ3) is 4.26. The van der Waals surface area contributed by atoms with Gasteiger partial charge in [-0.05, 0) is 17.7 Å². The summed E-state index contributed by atoms with van der Waals surface area (Å²) in [5.41, 5.74) is 0.965. The van der Waals surface area contributed by atoms with Gasteiger partial charge in [-0.1, -0.05) is 29.5 Å². The van der Waals surface area contributed by atoms with Crippen LogP contribution in [0.15, 0.2) is 47.5 Å². The summed E-state index contributed by atoms with van der Waals surface area (Å²) in [6.45, 7) is 0.713. The number of rotatable bonds is 6. The number of fused-ring (bicyclic) bond motifs is 1. The van der Waals surface area contributed by atoms with Crippen LogP contribution in [0.1, 0.15) is 5.56 Å². The molecule has 0 saturated carbocycles. The maximum atomic E-state index is 14.2. The first-order valence-corrected chi connectivity index (χ1v) is 8.89. The van der Waals surface area contributed by atoms with Crippen molar-refractivity contribution in [3.63, 3.8) is 0 Å². The molecule has 1 heterocycles. The number of benzene rings is 2. The van der Waals surface area contributed by atoms with Crippen LogP contribution in [0.5, 0.6) is 0 Å². The van der Waals surface area contributed by atoms with E-state index in [-0.39, 0.29) is 17.9 Å². The first-order chi connectivity index (χ1) is 13.0. The van der Waals surface area contributed by atoms with Crippen molar-refractivity contribution in [2.45, 2.75) is 13.0 Å². The van der Waals surface area contributed by atoms with Crippen molar-refractivity contribution in [3.8, 4) is 0 Å². The average molecular weight is 389 g/mol. The van der Waals surface area contributed by atoms with Crippen molar-refractivity contribution in [2.75, 3.05) is 13.7 Å². The van der Waals surface area contributed by atoms with Gasteiger partial charge in [0.25, 0.3) is 11.6 Å². The fraction of sp³-hybridized carbons (Fsp3) is 0.222. The number of methoxy groups -OCH3 is 1. The largest absolute Gasteiger partial charge is 0.383 e. The molecule has 0 aliphatic heterocycles. The highest BCUT2D eigenvalue weighted by atomic mass is 32.1. The van der Waals surface area contributed by atoms with E-state index >= 15 is 0 Å². The van der Waals surface area contributed by atoms with Crippen LogP contribution < -0.4 is 4.80 Å². The van der Waals surface area contributed by atoms with E-state index in [9.17, 15) is 19.3 Å². The summed E-state index contributed by atoms with van der Waals surface area (Å²) >= 11 is 1.22. The second kappa shape index (κ2) is 8.19. The second-order valence-corrected chi connectivity index (χ2v) is 6.73. The zero-order chi connectivity index (χ0) is 19.4. The number of para-hydroxylation sites is 1. The minimum absolute atomic E-state index is 0.000993. The number of halogens is 1. The summed E-state index contributed by atoms with van der Waals surface area (Å²) in [6.07, 6.45) is -0.000993. The normalized spacial score (nSPS) is 11.9. The van der Waals surface area contributed by atoms with Crippen LogP contribution in [0.3, 0.4) is 0 Å². The molecule has 1 aromatic heterocycles. The van der Waals surface area contributed by atoms with E-state index in [4.69, 9.17) is 4.74 Å². The number of hydrogen-bond donors (Lipinski definition) is 0. The van der Waals surface area contributed by atoms with E-state index in [1.165, 1.54) is 41.7 Å². The van der Waals surface area contributed by atoms with E-state index < -0.39 is 10.8 Å². The molecule has 3 aromatic rings. The highest BCUT2D eigenvalue weighted by Gasteiger charge is 2.12. The molecule has 0 atom stereocenters. The summed E-state index contributed by atoms with van der Waals surface area (Å²) in [7, 11) is 1.54. The van der Waals surface area contributed by atoms with Gasteiger partial charge in [-0.25, -0.2) is 4.39 Å². The molecule has 0 saturated heterocycles. The van der Waals surface area contributed by atoms with Gasteiger partial charge in [0.15, 0.2) is 4.80 Å². The molecule has 140 valence electrons. The summed E-state index contributed by atoms with van der Waals surface area (Å²) < 4.78 is 21.6. The number of nitro benzene ring substituents is 1. The predicted molar refractivity (Wildman–Crippen MR) is 99.0 cm³/mol. The van der Waals surface area contributed by atoms with Crippen molar-refractivity contribution < 1.29 is 18.8 Å². The van der Waals surface area contributed by atoms with Gasteiger partial charge in [-0.15, -0.1) is 0 Å². The van der Waals surface area contributed by atoms with Gasteiger partial charge in [-0.2, -0.15) is 4.99 Å². The Hall–Kier alpha value is -2.91. The molecule has 27 heavy (non-hydrogen) atoms. The lowest BCUT2D eigenvalue weighted by atomic mass is 10.1. The van der Waals surface area contributed by atoms with Crippen molar-refractivity contribution >= 4 is 33.1 Å². The number of aromatic nitrogens is 1. The topological polar surface area (TPSA) is 86.7 Å². The number of amides is 1. The fourth-order valence-corrected chi connectivity index (χ4v) is 3.71. The zero-order valence-corrected chi connectivity index (χ0v) is 15.2. The molecule has 3 rings (SSSR count). The Bertz CT molecular complexity index is 1060. The van der Waals surface area contributed by atoms with Crippen molar-refractivity contribution in [1.82, 2.24) is 4.57 Å². The molecule has 7 nitrogen and oxygen atoms in total. The summed E-state index contributed by atoms with van der Waals surface area (Å²) in [6, 6.07) is 10.5. The molecule has 9 heteroatoms. The molecule has 0 N–H and O–H groups in total. The number of carbonyl (C=O) groups excluding carboxylic acids is 1. The number of nitro groups is 1. The quantitative estimate of drug-likeness (QED) is 0.479. The average Bonchev–Trinajstić information content (AvgIpc) is 2.98. The molecule has 1 amide bonds. The Morgan fingerprint density at radius 1 is 1.30 bits per heavy atom. The van der Waals surface area contributed by atoms with Crippen LogP contribution >= 0.6 is 11.3 Å². The maximum Gasteiger partial charge on any atom is 0.269 e. The Balaban J connectivity index is 1.93. The van der Waals surface area contributed by atoms with Crippen LogP contribution in [0.4, 0.5) is 10.1 Å². The number of hydrogen-bond acceptors (Lipinski definition) is 5. The van der Waals surface area contributed by atoms with Crippen LogP contribution in [0.2, 0.25) is 0 Å². The number of thiazole rings is 1. The Morgan fingerprint density at radius 2 is 2.04 bits per heavy atom. The SMILES string of the molecule is COCCn1c(=NC(=O)Cc2ccc([N+](=O)[O-])cc2)sc2cccc(F)c21. The number of non-ortho nitro benzene ring substituents is 1. The van der Waals surface area contributed by atoms with Gasteiger partial charge in [0, 0.05) is 25.8 Å². The van der Waals surface area contributed by atoms with Crippen LogP contribution in [-0.4, -0.2) is 29.1 Å². The van der Waals surface area contributed by atoms with Gasteiger partial charge in [0.1, 0.15) is 5.82 Å². The van der Waals surface area contributed by atoms with Gasteiger partial charge in [-0.3, -0.25) is 14.9 Å². The lowest BCUT2D eigenvalue weighted by Gasteiger charge is -2.04. The van der Waals surface area contributed by atoms with Crippen LogP contribution in [0.25, 0.3) is 10.2 Å². The Labute approximate surface area is 157 Å². The number of ether oxygens (including phenoxy) is 1. The maximum absolute atomic E-state index is 14.2.